The van der Waals surface area contributed by atoms with E-state index in [0.29, 0.717) is 29.3 Å². The normalized spacial score (nSPS) is 12.9. The van der Waals surface area contributed by atoms with Gasteiger partial charge in [-0.05, 0) is 18.1 Å². The highest BCUT2D eigenvalue weighted by Gasteiger charge is 2.08. The Bertz CT molecular complexity index is 481. The number of nitrogen functional groups attached to an aromatic ring is 1. The molecule has 0 fully saturated rings. The lowest BCUT2D eigenvalue weighted by molar-refractivity contribution is 0.243. The van der Waals surface area contributed by atoms with E-state index in [-0.39, 0.29) is 12.5 Å². The highest BCUT2D eigenvalue weighted by atomic mass is 16.4. The number of para-hydroxylation sites is 1. The molecule has 2 aromatic rings. The van der Waals surface area contributed by atoms with E-state index < -0.39 is 0 Å². The number of nitrogens with one attached hydrogen (secondary N) is 1. The number of fused-ring (bicyclic) bond motifs is 1. The predicted octanol–water partition coefficient (Wildman–Crippen LogP) is 1.45. The van der Waals surface area contributed by atoms with Crippen LogP contribution in [0.4, 0.5) is 11.7 Å². The van der Waals surface area contributed by atoms with Gasteiger partial charge in [-0.1, -0.05) is 13.0 Å². The number of hydrogen-bond donors (Lipinski definition) is 3. The third-order valence-electron chi connectivity index (χ3n) is 2.36. The average Bonchev–Trinajstić information content (AvgIpc) is 2.70. The number of nitrogens with zero attached hydrogens (tertiary/aromatic N) is 1. The number of aliphatic hydroxyl groups excluding tert-OH is 1. The van der Waals surface area contributed by atoms with Gasteiger partial charge in [0.1, 0.15) is 5.52 Å². The van der Waals surface area contributed by atoms with Crippen LogP contribution in [0, 0.1) is 5.92 Å². The zero-order valence-corrected chi connectivity index (χ0v) is 9.10. The number of benzene rings is 1. The molecule has 1 aromatic heterocycles. The molecule has 5 heteroatoms. The minimum atomic E-state index is 0.134. The van der Waals surface area contributed by atoms with Crippen LogP contribution < -0.4 is 11.1 Å². The van der Waals surface area contributed by atoms with Gasteiger partial charge in [-0.2, -0.15) is 4.98 Å². The summed E-state index contributed by atoms with van der Waals surface area (Å²) in [6.07, 6.45) is 0. The standard InChI is InChI=1S/C11H15N3O2/c1-7(6-15)5-13-11-14-10-8(12)3-2-4-9(10)16-11/h2-4,7,15H,5-6,12H2,1H3,(H,13,14). The molecule has 1 unspecified atom stereocenters. The minimum absolute atomic E-state index is 0.134. The van der Waals surface area contributed by atoms with Crippen LogP contribution >= 0.6 is 0 Å². The number of hydrogen-bond acceptors (Lipinski definition) is 5. The quantitative estimate of drug-likeness (QED) is 0.680. The first-order valence-corrected chi connectivity index (χ1v) is 5.20. The summed E-state index contributed by atoms with van der Waals surface area (Å²) >= 11 is 0. The summed E-state index contributed by atoms with van der Waals surface area (Å²) in [6.45, 7) is 2.68. The van der Waals surface area contributed by atoms with Crippen molar-refractivity contribution >= 4 is 22.8 Å². The second kappa shape index (κ2) is 4.40. The molecular weight excluding hydrogens is 206 g/mol. The van der Waals surface area contributed by atoms with Gasteiger partial charge in [0.2, 0.25) is 0 Å². The first kappa shape index (κ1) is 10.8. The molecule has 1 atom stereocenters. The van der Waals surface area contributed by atoms with E-state index in [1.165, 1.54) is 0 Å². The van der Waals surface area contributed by atoms with Gasteiger partial charge in [0.05, 0.1) is 5.69 Å². The Kier molecular flexibility index (Phi) is 2.96. The molecule has 5 nitrogen and oxygen atoms in total. The van der Waals surface area contributed by atoms with E-state index in [2.05, 4.69) is 10.3 Å². The van der Waals surface area contributed by atoms with E-state index in [4.69, 9.17) is 15.3 Å². The zero-order valence-electron chi connectivity index (χ0n) is 9.10. The van der Waals surface area contributed by atoms with Gasteiger partial charge in [-0.3, -0.25) is 0 Å². The molecule has 0 saturated heterocycles. The second-order valence-electron chi connectivity index (χ2n) is 3.88. The molecule has 4 N–H and O–H groups in total. The molecule has 0 aliphatic rings. The van der Waals surface area contributed by atoms with Crippen LogP contribution in [-0.2, 0) is 0 Å². The fourth-order valence-electron chi connectivity index (χ4n) is 1.37. The largest absolute Gasteiger partial charge is 0.423 e. The molecule has 1 aromatic carbocycles. The first-order chi connectivity index (χ1) is 7.70. The van der Waals surface area contributed by atoms with Crippen molar-refractivity contribution in [3.05, 3.63) is 18.2 Å². The van der Waals surface area contributed by atoms with Gasteiger partial charge in [-0.25, -0.2) is 0 Å². The Hall–Kier alpha value is -1.75. The Morgan fingerprint density at radius 3 is 3.06 bits per heavy atom. The summed E-state index contributed by atoms with van der Waals surface area (Å²) in [4.78, 5) is 4.23. The summed E-state index contributed by atoms with van der Waals surface area (Å²) in [5.41, 5.74) is 7.70. The number of nitrogens with two attached hydrogens (primary N) is 1. The maximum absolute atomic E-state index is 8.89. The summed E-state index contributed by atoms with van der Waals surface area (Å²) in [7, 11) is 0. The van der Waals surface area contributed by atoms with Crippen molar-refractivity contribution in [1.82, 2.24) is 4.98 Å². The third-order valence-corrected chi connectivity index (χ3v) is 2.36. The molecule has 1 heterocycles. The van der Waals surface area contributed by atoms with Crippen LogP contribution in [0.25, 0.3) is 11.1 Å². The van der Waals surface area contributed by atoms with Gasteiger partial charge in [0.15, 0.2) is 5.58 Å². The van der Waals surface area contributed by atoms with E-state index in [0.717, 1.165) is 0 Å². The second-order valence-corrected chi connectivity index (χ2v) is 3.88. The van der Waals surface area contributed by atoms with Gasteiger partial charge in [-0.15, -0.1) is 0 Å². The Morgan fingerprint density at radius 2 is 2.38 bits per heavy atom. The fraction of sp³-hybridized carbons (Fsp3) is 0.364. The van der Waals surface area contributed by atoms with Crippen molar-refractivity contribution in [3.8, 4) is 0 Å². The highest BCUT2D eigenvalue weighted by Crippen LogP contribution is 2.23. The molecule has 0 aliphatic heterocycles. The summed E-state index contributed by atoms with van der Waals surface area (Å²) in [5.74, 6) is 0.160. The Balaban J connectivity index is 2.17. The van der Waals surface area contributed by atoms with Crippen LogP contribution in [0.15, 0.2) is 22.6 Å². The van der Waals surface area contributed by atoms with Crippen molar-refractivity contribution < 1.29 is 9.52 Å². The van der Waals surface area contributed by atoms with Crippen LogP contribution in [0.1, 0.15) is 6.92 Å². The molecule has 0 radical (unpaired) electrons. The number of rotatable bonds is 4. The van der Waals surface area contributed by atoms with Crippen LogP contribution in [0.2, 0.25) is 0 Å². The fourth-order valence-corrected chi connectivity index (χ4v) is 1.37. The summed E-state index contributed by atoms with van der Waals surface area (Å²) in [5, 5.41) is 11.9. The number of aromatic nitrogens is 1. The van der Waals surface area contributed by atoms with E-state index in [9.17, 15) is 0 Å². The van der Waals surface area contributed by atoms with Crippen LogP contribution in [0.5, 0.6) is 0 Å². The first-order valence-electron chi connectivity index (χ1n) is 5.20. The average molecular weight is 221 g/mol. The Morgan fingerprint density at radius 1 is 1.56 bits per heavy atom. The van der Waals surface area contributed by atoms with Crippen molar-refractivity contribution in [2.45, 2.75) is 6.92 Å². The molecule has 0 bridgehead atoms. The van der Waals surface area contributed by atoms with Crippen molar-refractivity contribution in [2.75, 3.05) is 24.2 Å². The van der Waals surface area contributed by atoms with Crippen LogP contribution in [0.3, 0.4) is 0 Å². The lowest BCUT2D eigenvalue weighted by Gasteiger charge is -2.06. The van der Waals surface area contributed by atoms with E-state index in [1.807, 2.05) is 19.1 Å². The maximum atomic E-state index is 8.89. The van der Waals surface area contributed by atoms with Gasteiger partial charge in [0.25, 0.3) is 6.01 Å². The number of aliphatic hydroxyl groups is 1. The number of anilines is 2. The van der Waals surface area contributed by atoms with Gasteiger partial charge in [0, 0.05) is 13.2 Å². The number of oxazole rings is 1. The molecule has 86 valence electrons. The van der Waals surface area contributed by atoms with Crippen molar-refractivity contribution in [2.24, 2.45) is 5.92 Å². The van der Waals surface area contributed by atoms with Crippen molar-refractivity contribution in [3.63, 3.8) is 0 Å². The summed E-state index contributed by atoms with van der Waals surface area (Å²) < 4.78 is 5.46. The molecule has 16 heavy (non-hydrogen) atoms. The minimum Gasteiger partial charge on any atom is -0.423 e. The van der Waals surface area contributed by atoms with Gasteiger partial charge < -0.3 is 20.6 Å². The molecular formula is C11H15N3O2. The summed E-state index contributed by atoms with van der Waals surface area (Å²) in [6, 6.07) is 5.86. The molecule has 0 amide bonds. The molecule has 0 spiro atoms. The smallest absolute Gasteiger partial charge is 0.295 e. The van der Waals surface area contributed by atoms with E-state index in [1.54, 1.807) is 6.07 Å². The maximum Gasteiger partial charge on any atom is 0.295 e. The van der Waals surface area contributed by atoms with Crippen LogP contribution in [-0.4, -0.2) is 23.2 Å². The molecule has 0 saturated carbocycles. The van der Waals surface area contributed by atoms with Gasteiger partial charge >= 0.3 is 0 Å². The van der Waals surface area contributed by atoms with E-state index >= 15 is 0 Å². The topological polar surface area (TPSA) is 84.3 Å². The lowest BCUT2D eigenvalue weighted by Crippen LogP contribution is -2.14. The van der Waals surface area contributed by atoms with Crippen molar-refractivity contribution in [1.29, 1.82) is 0 Å². The lowest BCUT2D eigenvalue weighted by atomic mass is 10.2. The SMILES string of the molecule is CC(CO)CNc1nc2c(N)cccc2o1. The molecule has 2 rings (SSSR count). The third kappa shape index (κ3) is 2.09. The zero-order chi connectivity index (χ0) is 11.5. The predicted molar refractivity (Wildman–Crippen MR) is 63.2 cm³/mol. The highest BCUT2D eigenvalue weighted by molar-refractivity contribution is 5.86. The monoisotopic (exact) mass is 221 g/mol. The molecule has 0 aliphatic carbocycles. The Labute approximate surface area is 93.3 Å².